The quantitative estimate of drug-likeness (QED) is 0.798. The van der Waals surface area contributed by atoms with Crippen LogP contribution in [-0.4, -0.2) is 40.0 Å². The third kappa shape index (κ3) is 3.63. The van der Waals surface area contributed by atoms with Gasteiger partial charge in [0.15, 0.2) is 5.82 Å². The molecule has 2 fully saturated rings. The van der Waals surface area contributed by atoms with E-state index in [4.69, 9.17) is 16.3 Å². The predicted octanol–water partition coefficient (Wildman–Crippen LogP) is 3.76. The van der Waals surface area contributed by atoms with Gasteiger partial charge in [-0.3, -0.25) is 4.79 Å². The van der Waals surface area contributed by atoms with Crippen LogP contribution < -0.4 is 4.74 Å². The van der Waals surface area contributed by atoms with Crippen molar-refractivity contribution in [3.05, 3.63) is 53.1 Å². The number of benzene rings is 1. The van der Waals surface area contributed by atoms with E-state index in [2.05, 4.69) is 9.97 Å². The summed E-state index contributed by atoms with van der Waals surface area (Å²) in [6, 6.07) is 7.80. The number of nitrogens with zero attached hydrogens (tertiary/aromatic N) is 3. The Morgan fingerprint density at radius 1 is 1.19 bits per heavy atom. The lowest BCUT2D eigenvalue weighted by molar-refractivity contribution is -0.136. The monoisotopic (exact) mass is 389 g/mol. The molecule has 1 atom stereocenters. The van der Waals surface area contributed by atoms with Gasteiger partial charge in [-0.2, -0.15) is 0 Å². The van der Waals surface area contributed by atoms with E-state index in [-0.39, 0.29) is 18.0 Å². The van der Waals surface area contributed by atoms with E-state index in [1.807, 2.05) is 29.2 Å². The molecule has 1 aromatic heterocycles. The second kappa shape index (κ2) is 7.43. The molecule has 1 aliphatic heterocycles. The molecule has 2 heterocycles. The van der Waals surface area contributed by atoms with Crippen LogP contribution in [0, 0.1) is 5.82 Å². The maximum Gasteiger partial charge on any atom is 0.316 e. The number of hydrogen-bond donors (Lipinski definition) is 0. The Morgan fingerprint density at radius 2 is 1.85 bits per heavy atom. The van der Waals surface area contributed by atoms with Gasteiger partial charge in [-0.15, -0.1) is 0 Å². The Morgan fingerprint density at radius 3 is 2.52 bits per heavy atom. The molecule has 1 saturated carbocycles. The first kappa shape index (κ1) is 18.2. The number of halogens is 2. The van der Waals surface area contributed by atoms with Crippen molar-refractivity contribution in [1.29, 1.82) is 0 Å². The predicted molar refractivity (Wildman–Crippen MR) is 99.2 cm³/mol. The lowest BCUT2D eigenvalue weighted by atomic mass is 9.77. The van der Waals surface area contributed by atoms with Gasteiger partial charge in [-0.25, -0.2) is 14.4 Å². The number of likely N-dealkylation sites (tertiary alicyclic amines) is 1. The van der Waals surface area contributed by atoms with E-state index in [0.29, 0.717) is 24.5 Å². The number of hydrogen-bond acceptors (Lipinski definition) is 4. The number of carbonyl (C=O) groups is 1. The molecule has 4 rings (SSSR count). The molecule has 5 nitrogen and oxygen atoms in total. The summed E-state index contributed by atoms with van der Waals surface area (Å²) in [6.07, 6.45) is 6.50. The van der Waals surface area contributed by atoms with E-state index in [1.165, 1.54) is 0 Å². The van der Waals surface area contributed by atoms with Crippen molar-refractivity contribution in [3.8, 4) is 6.01 Å². The molecule has 0 spiro atoms. The first-order chi connectivity index (χ1) is 13.1. The molecule has 1 saturated heterocycles. The fraction of sp³-hybridized carbons (Fsp3) is 0.450. The minimum atomic E-state index is -0.503. The van der Waals surface area contributed by atoms with Gasteiger partial charge in [0.2, 0.25) is 5.91 Å². The lowest BCUT2D eigenvalue weighted by Gasteiger charge is -2.33. The van der Waals surface area contributed by atoms with Crippen molar-refractivity contribution in [2.45, 2.75) is 43.6 Å². The Kier molecular flexibility index (Phi) is 5.00. The van der Waals surface area contributed by atoms with Crippen molar-refractivity contribution in [1.82, 2.24) is 14.9 Å². The SMILES string of the molecule is O=C(N1CC[C@@H](Oc2ncc(F)cn2)C1)C1(c2ccc(Cl)cc2)CCCC1. The molecular formula is C20H21ClFN3O2. The van der Waals surface area contributed by atoms with Gasteiger partial charge in [0.05, 0.1) is 24.4 Å². The summed E-state index contributed by atoms with van der Waals surface area (Å²) in [5, 5.41) is 0.674. The standard InChI is InChI=1S/C20H21ClFN3O2/c21-15-5-3-14(4-6-15)20(8-1-2-9-20)18(26)25-10-7-17(13-25)27-19-23-11-16(22)12-24-19/h3-6,11-12,17H,1-2,7-10,13H2/t17-/m1/s1. The summed E-state index contributed by atoms with van der Waals surface area (Å²) in [5.74, 6) is -0.342. The molecule has 1 aromatic carbocycles. The second-order valence-electron chi connectivity index (χ2n) is 7.26. The molecule has 27 heavy (non-hydrogen) atoms. The van der Waals surface area contributed by atoms with Crippen molar-refractivity contribution in [2.24, 2.45) is 0 Å². The highest BCUT2D eigenvalue weighted by atomic mass is 35.5. The minimum Gasteiger partial charge on any atom is -0.458 e. The summed E-state index contributed by atoms with van der Waals surface area (Å²) in [4.78, 5) is 23.0. The highest BCUT2D eigenvalue weighted by molar-refractivity contribution is 6.30. The summed E-state index contributed by atoms with van der Waals surface area (Å²) < 4.78 is 18.7. The second-order valence-corrected chi connectivity index (χ2v) is 7.70. The number of rotatable bonds is 4. The summed E-state index contributed by atoms with van der Waals surface area (Å²) in [7, 11) is 0. The molecule has 142 valence electrons. The van der Waals surface area contributed by atoms with Crippen LogP contribution in [-0.2, 0) is 10.2 Å². The van der Waals surface area contributed by atoms with E-state index in [9.17, 15) is 9.18 Å². The van der Waals surface area contributed by atoms with E-state index in [1.54, 1.807) is 0 Å². The van der Waals surface area contributed by atoms with Crippen molar-refractivity contribution < 1.29 is 13.9 Å². The van der Waals surface area contributed by atoms with Gasteiger partial charge in [-0.05, 0) is 30.5 Å². The summed E-state index contributed by atoms with van der Waals surface area (Å²) in [6.45, 7) is 1.13. The molecule has 0 N–H and O–H groups in total. The third-order valence-electron chi connectivity index (χ3n) is 5.56. The van der Waals surface area contributed by atoms with Gasteiger partial charge in [0.25, 0.3) is 0 Å². The smallest absolute Gasteiger partial charge is 0.316 e. The van der Waals surface area contributed by atoms with Crippen LogP contribution in [0.25, 0.3) is 0 Å². The topological polar surface area (TPSA) is 55.3 Å². The number of carbonyl (C=O) groups excluding carboxylic acids is 1. The van der Waals surface area contributed by atoms with Gasteiger partial charge < -0.3 is 9.64 Å². The number of amides is 1. The number of aromatic nitrogens is 2. The fourth-order valence-corrected chi connectivity index (χ4v) is 4.32. The lowest BCUT2D eigenvalue weighted by Crippen LogP contribution is -2.45. The van der Waals surface area contributed by atoms with Gasteiger partial charge >= 0.3 is 6.01 Å². The van der Waals surface area contributed by atoms with Gasteiger partial charge in [0, 0.05) is 18.0 Å². The summed E-state index contributed by atoms with van der Waals surface area (Å²) >= 11 is 6.03. The molecule has 0 radical (unpaired) electrons. The Balaban J connectivity index is 1.48. The molecule has 0 bridgehead atoms. The first-order valence-corrected chi connectivity index (χ1v) is 9.64. The van der Waals surface area contributed by atoms with Crippen LogP contribution in [0.2, 0.25) is 5.02 Å². The Bertz CT molecular complexity index is 807. The van der Waals surface area contributed by atoms with Crippen LogP contribution in [0.4, 0.5) is 4.39 Å². The van der Waals surface area contributed by atoms with E-state index in [0.717, 1.165) is 43.6 Å². The molecule has 2 aliphatic rings. The maximum absolute atomic E-state index is 13.5. The molecule has 0 unspecified atom stereocenters. The van der Waals surface area contributed by atoms with Crippen LogP contribution >= 0.6 is 11.6 Å². The van der Waals surface area contributed by atoms with Crippen molar-refractivity contribution in [3.63, 3.8) is 0 Å². The van der Waals surface area contributed by atoms with Crippen LogP contribution in [0.5, 0.6) is 6.01 Å². The van der Waals surface area contributed by atoms with E-state index >= 15 is 0 Å². The van der Waals surface area contributed by atoms with Crippen LogP contribution in [0.15, 0.2) is 36.7 Å². The normalized spacial score (nSPS) is 21.4. The molecule has 1 aliphatic carbocycles. The largest absolute Gasteiger partial charge is 0.458 e. The molecule has 7 heteroatoms. The average molecular weight is 390 g/mol. The third-order valence-corrected chi connectivity index (χ3v) is 5.82. The molecular weight excluding hydrogens is 369 g/mol. The Hall–Kier alpha value is -2.21. The molecule has 1 amide bonds. The highest BCUT2D eigenvalue weighted by Crippen LogP contribution is 2.43. The number of ether oxygens (including phenoxy) is 1. The van der Waals surface area contributed by atoms with Crippen LogP contribution in [0.3, 0.4) is 0 Å². The van der Waals surface area contributed by atoms with E-state index < -0.39 is 11.2 Å². The Labute approximate surface area is 162 Å². The summed E-state index contributed by atoms with van der Waals surface area (Å²) in [5.41, 5.74) is 0.576. The van der Waals surface area contributed by atoms with Gasteiger partial charge in [0.1, 0.15) is 6.10 Å². The average Bonchev–Trinajstić information content (AvgIpc) is 3.34. The van der Waals surface area contributed by atoms with Crippen molar-refractivity contribution >= 4 is 17.5 Å². The van der Waals surface area contributed by atoms with Crippen LogP contribution in [0.1, 0.15) is 37.7 Å². The van der Waals surface area contributed by atoms with Gasteiger partial charge in [-0.1, -0.05) is 36.6 Å². The fourth-order valence-electron chi connectivity index (χ4n) is 4.20. The zero-order chi connectivity index (χ0) is 18.9. The maximum atomic E-state index is 13.5. The minimum absolute atomic E-state index is 0.143. The zero-order valence-corrected chi connectivity index (χ0v) is 15.7. The zero-order valence-electron chi connectivity index (χ0n) is 14.9. The van der Waals surface area contributed by atoms with Crippen molar-refractivity contribution in [2.75, 3.05) is 13.1 Å². The molecule has 2 aromatic rings. The first-order valence-electron chi connectivity index (χ1n) is 9.26. The highest BCUT2D eigenvalue weighted by Gasteiger charge is 2.46.